The quantitative estimate of drug-likeness (QED) is 0.762. The topological polar surface area (TPSA) is 58.4 Å². The van der Waals surface area contributed by atoms with E-state index in [1.807, 2.05) is 24.3 Å². The zero-order valence-electron chi connectivity index (χ0n) is 14.7. The molecule has 0 atom stereocenters. The van der Waals surface area contributed by atoms with Crippen LogP contribution in [0.5, 0.6) is 0 Å². The van der Waals surface area contributed by atoms with E-state index in [4.69, 9.17) is 5.73 Å². The average molecular weight is 376 g/mol. The number of anilines is 1. The third-order valence-electron chi connectivity index (χ3n) is 4.75. The Hall–Kier alpha value is -0.970. The highest BCUT2D eigenvalue weighted by Gasteiger charge is 2.33. The number of rotatable bonds is 7. The predicted molar refractivity (Wildman–Crippen MR) is 107 cm³/mol. The number of hydrogen-bond donors (Lipinski definition) is 2. The Kier molecular flexibility index (Phi) is 10.4. The zero-order chi connectivity index (χ0) is 16.0. The molecule has 0 unspecified atom stereocenters. The Bertz CT molecular complexity index is 488. The molecule has 0 heterocycles. The third kappa shape index (κ3) is 5.83. The minimum Gasteiger partial charge on any atom is -0.375 e. The number of nitrogens with zero attached hydrogens (tertiary/aromatic N) is 1. The first kappa shape index (κ1) is 23.0. The summed E-state index contributed by atoms with van der Waals surface area (Å²) < 4.78 is 0. The van der Waals surface area contributed by atoms with Gasteiger partial charge in [-0.25, -0.2) is 0 Å². The second-order valence-electron chi connectivity index (χ2n) is 6.47. The molecule has 1 fully saturated rings. The van der Waals surface area contributed by atoms with Crippen molar-refractivity contribution in [1.82, 2.24) is 5.32 Å². The Labute approximate surface area is 158 Å². The van der Waals surface area contributed by atoms with Crippen LogP contribution in [-0.4, -0.2) is 31.6 Å². The van der Waals surface area contributed by atoms with E-state index in [-0.39, 0.29) is 36.3 Å². The molecule has 0 bridgehead atoms. The van der Waals surface area contributed by atoms with E-state index in [1.165, 1.54) is 12.8 Å². The Morgan fingerprint density at radius 1 is 1.21 bits per heavy atom. The molecule has 1 aliphatic rings. The smallest absolute Gasteiger partial charge is 0.251 e. The van der Waals surface area contributed by atoms with Crippen LogP contribution in [0.15, 0.2) is 24.3 Å². The second kappa shape index (κ2) is 10.8. The van der Waals surface area contributed by atoms with Gasteiger partial charge in [0.15, 0.2) is 0 Å². The molecule has 0 saturated heterocycles. The summed E-state index contributed by atoms with van der Waals surface area (Å²) in [5.74, 6) is -0.00453. The van der Waals surface area contributed by atoms with Gasteiger partial charge in [-0.1, -0.05) is 26.2 Å². The van der Waals surface area contributed by atoms with Crippen LogP contribution in [0.25, 0.3) is 0 Å². The number of halogens is 2. The highest BCUT2D eigenvalue weighted by atomic mass is 35.5. The zero-order valence-corrected chi connectivity index (χ0v) is 16.3. The van der Waals surface area contributed by atoms with Crippen molar-refractivity contribution in [2.24, 2.45) is 5.73 Å². The summed E-state index contributed by atoms with van der Waals surface area (Å²) in [6, 6.07) is 7.86. The van der Waals surface area contributed by atoms with Crippen LogP contribution in [0, 0.1) is 0 Å². The van der Waals surface area contributed by atoms with Crippen molar-refractivity contribution in [2.45, 2.75) is 51.0 Å². The van der Waals surface area contributed by atoms with Crippen LogP contribution in [0.1, 0.15) is 55.8 Å². The number of unbranched alkanes of at least 4 members (excludes halogenated alkanes) is 1. The predicted octanol–water partition coefficient (Wildman–Crippen LogP) is 3.77. The molecule has 4 nitrogen and oxygen atoms in total. The van der Waals surface area contributed by atoms with Crippen LogP contribution in [0.3, 0.4) is 0 Å². The second-order valence-corrected chi connectivity index (χ2v) is 6.47. The van der Waals surface area contributed by atoms with Crippen molar-refractivity contribution < 1.29 is 4.79 Å². The molecule has 0 aromatic heterocycles. The molecule has 138 valence electrons. The highest BCUT2D eigenvalue weighted by Crippen LogP contribution is 2.29. The SMILES string of the molecule is CCCCN(C)c1ccc(C(=O)NC2(CN)CCCC2)cc1.Cl.Cl. The molecular formula is C18H31Cl2N3O. The number of benzene rings is 1. The van der Waals surface area contributed by atoms with Gasteiger partial charge >= 0.3 is 0 Å². The Morgan fingerprint density at radius 3 is 2.29 bits per heavy atom. The summed E-state index contributed by atoms with van der Waals surface area (Å²) in [5, 5.41) is 3.16. The van der Waals surface area contributed by atoms with Gasteiger partial charge in [-0.2, -0.15) is 0 Å². The number of nitrogens with two attached hydrogens (primary N) is 1. The molecule has 0 aliphatic heterocycles. The third-order valence-corrected chi connectivity index (χ3v) is 4.75. The fourth-order valence-electron chi connectivity index (χ4n) is 3.14. The van der Waals surface area contributed by atoms with Crippen molar-refractivity contribution in [3.63, 3.8) is 0 Å². The molecular weight excluding hydrogens is 345 g/mol. The van der Waals surface area contributed by atoms with E-state index in [2.05, 4.69) is 24.2 Å². The maximum Gasteiger partial charge on any atom is 0.251 e. The first-order valence-electron chi connectivity index (χ1n) is 8.44. The maximum atomic E-state index is 12.4. The van der Waals surface area contributed by atoms with Crippen molar-refractivity contribution in [3.8, 4) is 0 Å². The lowest BCUT2D eigenvalue weighted by Crippen LogP contribution is -2.51. The normalized spacial score (nSPS) is 15.1. The summed E-state index contributed by atoms with van der Waals surface area (Å²) in [7, 11) is 2.09. The Morgan fingerprint density at radius 2 is 1.79 bits per heavy atom. The van der Waals surface area contributed by atoms with Gasteiger partial charge in [-0.05, 0) is 43.5 Å². The van der Waals surface area contributed by atoms with Gasteiger partial charge in [0, 0.05) is 31.4 Å². The average Bonchev–Trinajstić information content (AvgIpc) is 3.01. The molecule has 0 radical (unpaired) electrons. The van der Waals surface area contributed by atoms with Crippen LogP contribution in [-0.2, 0) is 0 Å². The first-order chi connectivity index (χ1) is 10.6. The molecule has 1 aromatic rings. The van der Waals surface area contributed by atoms with Crippen LogP contribution in [0.4, 0.5) is 5.69 Å². The summed E-state index contributed by atoms with van der Waals surface area (Å²) >= 11 is 0. The molecule has 6 heteroatoms. The summed E-state index contributed by atoms with van der Waals surface area (Å²) in [6.45, 7) is 3.76. The summed E-state index contributed by atoms with van der Waals surface area (Å²) in [6.07, 6.45) is 6.65. The van der Waals surface area contributed by atoms with Crippen LogP contribution < -0.4 is 16.0 Å². The minimum atomic E-state index is -0.187. The highest BCUT2D eigenvalue weighted by molar-refractivity contribution is 5.95. The number of carbonyl (C=O) groups is 1. The van der Waals surface area contributed by atoms with Crippen molar-refractivity contribution in [1.29, 1.82) is 0 Å². The lowest BCUT2D eigenvalue weighted by atomic mass is 9.97. The molecule has 2 rings (SSSR count). The molecule has 3 N–H and O–H groups in total. The number of nitrogens with one attached hydrogen (secondary N) is 1. The molecule has 1 amide bonds. The van der Waals surface area contributed by atoms with Crippen molar-refractivity contribution in [3.05, 3.63) is 29.8 Å². The fourth-order valence-corrected chi connectivity index (χ4v) is 3.14. The number of hydrogen-bond acceptors (Lipinski definition) is 3. The van der Waals surface area contributed by atoms with E-state index in [0.717, 1.165) is 37.9 Å². The van der Waals surface area contributed by atoms with Crippen molar-refractivity contribution >= 4 is 36.4 Å². The van der Waals surface area contributed by atoms with Crippen LogP contribution in [0.2, 0.25) is 0 Å². The lowest BCUT2D eigenvalue weighted by Gasteiger charge is -2.28. The summed E-state index contributed by atoms with van der Waals surface area (Å²) in [4.78, 5) is 14.7. The van der Waals surface area contributed by atoms with E-state index in [0.29, 0.717) is 12.1 Å². The van der Waals surface area contributed by atoms with Gasteiger partial charge < -0.3 is 16.0 Å². The molecule has 24 heavy (non-hydrogen) atoms. The molecule has 0 spiro atoms. The molecule has 1 aromatic carbocycles. The van der Waals surface area contributed by atoms with Gasteiger partial charge in [0.2, 0.25) is 0 Å². The van der Waals surface area contributed by atoms with Gasteiger partial charge in [0.05, 0.1) is 5.54 Å². The fraction of sp³-hybridized carbons (Fsp3) is 0.611. The Balaban J connectivity index is 0.00000264. The van der Waals surface area contributed by atoms with E-state index >= 15 is 0 Å². The van der Waals surface area contributed by atoms with Gasteiger partial charge in [-0.15, -0.1) is 24.8 Å². The summed E-state index contributed by atoms with van der Waals surface area (Å²) in [5.41, 5.74) is 7.56. The first-order valence-corrected chi connectivity index (χ1v) is 8.44. The lowest BCUT2D eigenvalue weighted by molar-refractivity contribution is 0.0903. The monoisotopic (exact) mass is 375 g/mol. The van der Waals surface area contributed by atoms with Crippen molar-refractivity contribution in [2.75, 3.05) is 25.0 Å². The number of amides is 1. The van der Waals surface area contributed by atoms with E-state index in [1.54, 1.807) is 0 Å². The largest absolute Gasteiger partial charge is 0.375 e. The number of carbonyl (C=O) groups excluding carboxylic acids is 1. The molecule has 1 saturated carbocycles. The van der Waals surface area contributed by atoms with Gasteiger partial charge in [0.1, 0.15) is 0 Å². The van der Waals surface area contributed by atoms with Gasteiger partial charge in [-0.3, -0.25) is 4.79 Å². The van der Waals surface area contributed by atoms with Crippen LogP contribution >= 0.6 is 24.8 Å². The van der Waals surface area contributed by atoms with Gasteiger partial charge in [0.25, 0.3) is 5.91 Å². The maximum absolute atomic E-state index is 12.4. The minimum absolute atomic E-state index is 0. The van der Waals surface area contributed by atoms with E-state index in [9.17, 15) is 4.79 Å². The standard InChI is InChI=1S/C18H29N3O.2ClH/c1-3-4-13-21(2)16-9-7-15(8-10-16)17(22)20-18(14-19)11-5-6-12-18;;/h7-10H,3-6,11-14,19H2,1-2H3,(H,20,22);2*1H. The van der Waals surface area contributed by atoms with E-state index < -0.39 is 0 Å². The molecule has 1 aliphatic carbocycles.